The monoisotopic (exact) mass is 612 g/mol. The van der Waals surface area contributed by atoms with Gasteiger partial charge in [0.25, 0.3) is 0 Å². The Hall–Kier alpha value is -3.46. The summed E-state index contributed by atoms with van der Waals surface area (Å²) in [6.45, 7) is 15.9. The van der Waals surface area contributed by atoms with E-state index in [0.29, 0.717) is 31.7 Å². The summed E-state index contributed by atoms with van der Waals surface area (Å²) in [6.07, 6.45) is -1.83. The molecule has 0 bridgehead atoms. The zero-order valence-electron chi connectivity index (χ0n) is 26.1. The number of carboxylic acid groups (broad SMARTS) is 1. The van der Waals surface area contributed by atoms with Crippen LogP contribution in [0.5, 0.6) is 0 Å². The second kappa shape index (κ2) is 13.9. The second-order valence-electron chi connectivity index (χ2n) is 12.0. The molecule has 10 nitrogen and oxygen atoms in total. The highest BCUT2D eigenvalue weighted by atomic mass is 32.2. The number of piperazine rings is 1. The molecule has 1 amide bonds. The van der Waals surface area contributed by atoms with Crippen molar-refractivity contribution in [2.24, 2.45) is 5.73 Å². The Kier molecular flexibility index (Phi) is 11.0. The lowest BCUT2D eigenvalue weighted by molar-refractivity contribution is -0.138. The van der Waals surface area contributed by atoms with Crippen LogP contribution in [0.1, 0.15) is 106 Å². The van der Waals surface area contributed by atoms with Crippen LogP contribution in [0.4, 0.5) is 4.79 Å². The largest absolute Gasteiger partial charge is 0.480 e. The molecule has 1 unspecified atom stereocenters. The van der Waals surface area contributed by atoms with Gasteiger partial charge in [0.15, 0.2) is 0 Å². The molecule has 2 atom stereocenters. The second-order valence-corrected chi connectivity index (χ2v) is 13.9. The average molecular weight is 613 g/mol. The fourth-order valence-electron chi connectivity index (χ4n) is 5.67. The number of nitriles is 1. The van der Waals surface area contributed by atoms with E-state index in [1.807, 2.05) is 33.8 Å². The summed E-state index contributed by atoms with van der Waals surface area (Å²) in [4.78, 5) is 26.1. The first-order valence-corrected chi connectivity index (χ1v) is 16.2. The van der Waals surface area contributed by atoms with E-state index in [-0.39, 0.29) is 50.7 Å². The van der Waals surface area contributed by atoms with Gasteiger partial charge in [-0.3, -0.25) is 4.79 Å². The van der Waals surface area contributed by atoms with Gasteiger partial charge in [0.2, 0.25) is 9.84 Å². The summed E-state index contributed by atoms with van der Waals surface area (Å²) in [5, 5.41) is 22.7. The average Bonchev–Trinajstić information content (AvgIpc) is 2.95. The number of carboxylic acids is 1. The number of hydrogen-bond acceptors (Lipinski definition) is 8. The molecular weight excluding hydrogens is 568 g/mol. The van der Waals surface area contributed by atoms with Gasteiger partial charge in [0.1, 0.15) is 12.1 Å². The molecule has 1 fully saturated rings. The molecule has 1 heterocycles. The minimum atomic E-state index is -4.26. The zero-order valence-corrected chi connectivity index (χ0v) is 26.9. The Labute approximate surface area is 255 Å². The van der Waals surface area contributed by atoms with Crippen molar-refractivity contribution in [1.82, 2.24) is 10.2 Å². The summed E-state index contributed by atoms with van der Waals surface area (Å²) in [5.41, 5.74) is 9.03. The Bertz CT molecular complexity index is 1500. The molecule has 1 aliphatic rings. The normalized spacial score (nSPS) is 15.4. The van der Waals surface area contributed by atoms with Crippen molar-refractivity contribution in [3.8, 4) is 6.07 Å². The summed E-state index contributed by atoms with van der Waals surface area (Å²) >= 11 is 0. The van der Waals surface area contributed by atoms with Crippen LogP contribution >= 0.6 is 0 Å². The molecule has 0 radical (unpaired) electrons. The molecule has 2 aromatic rings. The van der Waals surface area contributed by atoms with Gasteiger partial charge < -0.3 is 25.8 Å². The quantitative estimate of drug-likeness (QED) is 0.341. The predicted molar refractivity (Wildman–Crippen MR) is 164 cm³/mol. The lowest BCUT2D eigenvalue weighted by Crippen LogP contribution is -2.46. The number of hydrogen-bond donors (Lipinski definition) is 3. The molecular formula is C32H44N4O6S. The number of ether oxygens (including phenoxy) is 1. The standard InChI is InChI=1S/C32H44N4O6S/c1-18(2)24-8-9-27(30(20(5)6)29(24)19(3)4)43(40,41)28-16-25(21(7)42-32(39)36-12-10-35-11-13-36)23(17-33)14-22(28)15-26(34)31(37)38/h8-9,14,16,18-21,26,35H,10-13,15,34H2,1-7H3,(H,37,38)/t21?,26-/m0/s1. The lowest BCUT2D eigenvalue weighted by atomic mass is 9.83. The van der Waals surface area contributed by atoms with Gasteiger partial charge >= 0.3 is 12.1 Å². The fraction of sp³-hybridized carbons (Fsp3) is 0.531. The molecule has 11 heteroatoms. The van der Waals surface area contributed by atoms with Gasteiger partial charge in [0.05, 0.1) is 21.4 Å². The minimum absolute atomic E-state index is 0.0470. The van der Waals surface area contributed by atoms with Crippen LogP contribution in [0, 0.1) is 11.3 Å². The Balaban J connectivity index is 2.28. The zero-order chi connectivity index (χ0) is 32.2. The maximum atomic E-state index is 14.6. The number of nitrogens with one attached hydrogen (secondary N) is 1. The fourth-order valence-corrected chi connectivity index (χ4v) is 7.56. The summed E-state index contributed by atoms with van der Waals surface area (Å²) in [6, 6.07) is 6.86. The van der Waals surface area contributed by atoms with Crippen molar-refractivity contribution >= 4 is 21.9 Å². The molecule has 234 valence electrons. The van der Waals surface area contributed by atoms with Crippen molar-refractivity contribution in [3.63, 3.8) is 0 Å². The highest BCUT2D eigenvalue weighted by Gasteiger charge is 2.32. The number of amides is 1. The predicted octanol–water partition coefficient (Wildman–Crippen LogP) is 4.82. The molecule has 1 aliphatic heterocycles. The number of aliphatic carboxylic acids is 1. The highest BCUT2D eigenvalue weighted by molar-refractivity contribution is 7.91. The molecule has 2 aromatic carbocycles. The first-order valence-electron chi connectivity index (χ1n) is 14.7. The summed E-state index contributed by atoms with van der Waals surface area (Å²) in [7, 11) is -4.26. The molecule has 43 heavy (non-hydrogen) atoms. The lowest BCUT2D eigenvalue weighted by Gasteiger charge is -2.28. The van der Waals surface area contributed by atoms with E-state index in [1.54, 1.807) is 17.9 Å². The summed E-state index contributed by atoms with van der Waals surface area (Å²) < 4.78 is 35.0. The van der Waals surface area contributed by atoms with E-state index >= 15 is 0 Å². The van der Waals surface area contributed by atoms with Crippen LogP contribution in [-0.2, 0) is 25.8 Å². The van der Waals surface area contributed by atoms with Crippen LogP contribution in [0.3, 0.4) is 0 Å². The molecule has 0 spiro atoms. The number of carbonyl (C=O) groups is 2. The smallest absolute Gasteiger partial charge is 0.410 e. The maximum Gasteiger partial charge on any atom is 0.410 e. The van der Waals surface area contributed by atoms with E-state index in [9.17, 15) is 28.4 Å². The third kappa shape index (κ3) is 7.37. The van der Waals surface area contributed by atoms with Gasteiger partial charge in [-0.25, -0.2) is 13.2 Å². The Morgan fingerprint density at radius 1 is 0.977 bits per heavy atom. The van der Waals surface area contributed by atoms with Gasteiger partial charge in [-0.2, -0.15) is 5.26 Å². The van der Waals surface area contributed by atoms with E-state index in [4.69, 9.17) is 10.5 Å². The van der Waals surface area contributed by atoms with Crippen LogP contribution in [0.2, 0.25) is 0 Å². The Morgan fingerprint density at radius 2 is 1.58 bits per heavy atom. The number of nitrogens with zero attached hydrogens (tertiary/aromatic N) is 2. The van der Waals surface area contributed by atoms with Crippen LogP contribution in [0.25, 0.3) is 0 Å². The topological polar surface area (TPSA) is 163 Å². The van der Waals surface area contributed by atoms with E-state index in [2.05, 4.69) is 25.2 Å². The molecule has 4 N–H and O–H groups in total. The Morgan fingerprint density at radius 3 is 2.09 bits per heavy atom. The number of nitrogens with two attached hydrogens (primary N) is 1. The number of sulfone groups is 1. The third-order valence-corrected chi connectivity index (χ3v) is 9.73. The van der Waals surface area contributed by atoms with Crippen LogP contribution in [0.15, 0.2) is 34.1 Å². The number of carbonyl (C=O) groups excluding carboxylic acids is 1. The van der Waals surface area contributed by atoms with E-state index in [0.717, 1.165) is 11.1 Å². The number of rotatable bonds is 10. The van der Waals surface area contributed by atoms with Gasteiger partial charge in [0, 0.05) is 31.7 Å². The minimum Gasteiger partial charge on any atom is -0.480 e. The van der Waals surface area contributed by atoms with E-state index < -0.39 is 34.0 Å². The SMILES string of the molecule is CC(C)c1ccc(S(=O)(=O)c2cc(C(C)OC(=O)N3CCNCC3)c(C#N)cc2C[C@H](N)C(=O)O)c(C(C)C)c1C(C)C. The van der Waals surface area contributed by atoms with E-state index in [1.165, 1.54) is 12.1 Å². The first kappa shape index (κ1) is 34.0. The van der Waals surface area contributed by atoms with Crippen molar-refractivity contribution in [3.05, 3.63) is 57.6 Å². The van der Waals surface area contributed by atoms with Crippen molar-refractivity contribution in [2.45, 2.75) is 94.6 Å². The number of benzene rings is 2. The highest BCUT2D eigenvalue weighted by Crippen LogP contribution is 2.41. The molecule has 1 saturated heterocycles. The molecule has 0 aromatic heterocycles. The van der Waals surface area contributed by atoms with Crippen LogP contribution < -0.4 is 11.1 Å². The van der Waals surface area contributed by atoms with Crippen LogP contribution in [-0.4, -0.2) is 62.7 Å². The maximum absolute atomic E-state index is 14.6. The molecule has 0 aliphatic carbocycles. The third-order valence-electron chi connectivity index (χ3n) is 7.84. The van der Waals surface area contributed by atoms with Crippen molar-refractivity contribution < 1.29 is 27.9 Å². The van der Waals surface area contributed by atoms with Gasteiger partial charge in [-0.05, 0) is 71.6 Å². The summed E-state index contributed by atoms with van der Waals surface area (Å²) in [5.74, 6) is -1.22. The first-order chi connectivity index (χ1) is 20.1. The van der Waals surface area contributed by atoms with Crippen molar-refractivity contribution in [1.29, 1.82) is 5.26 Å². The van der Waals surface area contributed by atoms with Gasteiger partial charge in [-0.15, -0.1) is 0 Å². The van der Waals surface area contributed by atoms with Crippen molar-refractivity contribution in [2.75, 3.05) is 26.2 Å². The molecule has 3 rings (SSSR count). The van der Waals surface area contributed by atoms with Gasteiger partial charge in [-0.1, -0.05) is 47.6 Å². The molecule has 0 saturated carbocycles.